The maximum atomic E-state index is 11.3. The number of hydrogen-bond acceptors (Lipinski definition) is 2. The van der Waals surface area contributed by atoms with Gasteiger partial charge in [0.05, 0.1) is 0 Å². The summed E-state index contributed by atoms with van der Waals surface area (Å²) in [4.78, 5) is 13.8. The monoisotopic (exact) mass is 381 g/mol. The summed E-state index contributed by atoms with van der Waals surface area (Å²) >= 11 is 0. The predicted molar refractivity (Wildman–Crippen MR) is 117 cm³/mol. The Morgan fingerprint density at radius 2 is 1.86 bits per heavy atom. The molecule has 3 heteroatoms. The molecular formula is C25H35NO2. The Hall–Kier alpha value is -2.03. The van der Waals surface area contributed by atoms with E-state index in [1.165, 1.54) is 16.8 Å². The van der Waals surface area contributed by atoms with E-state index in [4.69, 9.17) is 0 Å². The van der Waals surface area contributed by atoms with Crippen LogP contribution in [0.4, 0.5) is 5.69 Å². The van der Waals surface area contributed by atoms with Crippen LogP contribution in [0.15, 0.2) is 48.1 Å². The zero-order chi connectivity index (χ0) is 20.3. The van der Waals surface area contributed by atoms with Gasteiger partial charge < -0.3 is 10.0 Å². The lowest BCUT2D eigenvalue weighted by molar-refractivity contribution is -0.138. The lowest BCUT2D eigenvalue weighted by Gasteiger charge is -2.44. The van der Waals surface area contributed by atoms with Crippen LogP contribution in [0.1, 0.15) is 64.9 Å². The number of carboxylic acid groups (broad SMARTS) is 1. The van der Waals surface area contributed by atoms with E-state index in [1.807, 2.05) is 0 Å². The summed E-state index contributed by atoms with van der Waals surface area (Å²) in [7, 11) is 0. The molecule has 3 atom stereocenters. The molecule has 0 spiro atoms. The number of hydrogen-bond donors (Lipinski definition) is 1. The summed E-state index contributed by atoms with van der Waals surface area (Å²) in [5.74, 6) is 1.15. The quantitative estimate of drug-likeness (QED) is 0.654. The first-order valence-electron chi connectivity index (χ1n) is 10.8. The van der Waals surface area contributed by atoms with Gasteiger partial charge in [0.1, 0.15) is 0 Å². The number of benzene rings is 1. The highest BCUT2D eigenvalue weighted by atomic mass is 16.4. The number of aliphatic carboxylic acids is 1. The lowest BCUT2D eigenvalue weighted by atomic mass is 9.78. The summed E-state index contributed by atoms with van der Waals surface area (Å²) in [5, 5.41) is 9.29. The van der Waals surface area contributed by atoms with E-state index in [9.17, 15) is 9.90 Å². The van der Waals surface area contributed by atoms with Crippen molar-refractivity contribution in [2.24, 2.45) is 17.8 Å². The molecule has 0 bridgehead atoms. The number of rotatable bonds is 6. The minimum Gasteiger partial charge on any atom is -0.481 e. The Balaban J connectivity index is 1.81. The zero-order valence-electron chi connectivity index (χ0n) is 17.8. The standard InChI is InChI=1S/C25H35NO2/c1-17(2)20-5-7-22(8-6-20)24-15-19(16-25(27)28)13-14-26(24)23-11-9-21(10-12-23)18(3)4/h5-7,9-12,17-19,22,24H,8,13-16H2,1-4H3,(H,27,28)/t19-,22?,24+/m0/s1. The maximum absolute atomic E-state index is 11.3. The van der Waals surface area contributed by atoms with E-state index in [0.717, 1.165) is 25.8 Å². The molecule has 3 nitrogen and oxygen atoms in total. The second-order valence-corrected chi connectivity index (χ2v) is 9.11. The van der Waals surface area contributed by atoms with E-state index < -0.39 is 5.97 Å². The molecule has 3 rings (SSSR count). The minimum atomic E-state index is -0.667. The number of nitrogens with zero attached hydrogens (tertiary/aromatic N) is 1. The molecule has 1 heterocycles. The first kappa shape index (κ1) is 20.7. The van der Waals surface area contributed by atoms with Crippen LogP contribution >= 0.6 is 0 Å². The Labute approximate surface area is 170 Å². The third-order valence-corrected chi connectivity index (χ3v) is 6.43. The predicted octanol–water partition coefficient (Wildman–Crippen LogP) is 6.03. The van der Waals surface area contributed by atoms with Crippen molar-refractivity contribution in [1.82, 2.24) is 0 Å². The smallest absolute Gasteiger partial charge is 0.303 e. The van der Waals surface area contributed by atoms with Crippen molar-refractivity contribution in [3.8, 4) is 0 Å². The van der Waals surface area contributed by atoms with Crippen molar-refractivity contribution in [1.29, 1.82) is 0 Å². The summed E-state index contributed by atoms with van der Waals surface area (Å²) in [6.07, 6.45) is 10.3. The van der Waals surface area contributed by atoms with Crippen LogP contribution in [0.3, 0.4) is 0 Å². The van der Waals surface area contributed by atoms with Gasteiger partial charge in [-0.25, -0.2) is 0 Å². The summed E-state index contributed by atoms with van der Waals surface area (Å²) < 4.78 is 0. The molecule has 1 fully saturated rings. The van der Waals surface area contributed by atoms with Gasteiger partial charge in [0.25, 0.3) is 0 Å². The molecule has 1 saturated heterocycles. The van der Waals surface area contributed by atoms with Crippen LogP contribution < -0.4 is 4.90 Å². The molecule has 2 aliphatic rings. The average molecular weight is 382 g/mol. The lowest BCUT2D eigenvalue weighted by Crippen LogP contribution is -2.47. The van der Waals surface area contributed by atoms with Crippen LogP contribution in [-0.2, 0) is 4.79 Å². The van der Waals surface area contributed by atoms with E-state index in [-0.39, 0.29) is 5.92 Å². The zero-order valence-corrected chi connectivity index (χ0v) is 17.8. The highest BCUT2D eigenvalue weighted by molar-refractivity contribution is 5.67. The van der Waals surface area contributed by atoms with Gasteiger partial charge in [0.2, 0.25) is 0 Å². The first-order valence-corrected chi connectivity index (χ1v) is 10.8. The van der Waals surface area contributed by atoms with E-state index in [2.05, 4.69) is 75.1 Å². The Morgan fingerprint density at radius 3 is 2.39 bits per heavy atom. The fourth-order valence-electron chi connectivity index (χ4n) is 4.65. The van der Waals surface area contributed by atoms with Crippen molar-refractivity contribution in [2.75, 3.05) is 11.4 Å². The van der Waals surface area contributed by atoms with Crippen molar-refractivity contribution in [3.05, 3.63) is 53.6 Å². The summed E-state index contributed by atoms with van der Waals surface area (Å²) in [5.41, 5.74) is 4.06. The average Bonchev–Trinajstić information content (AvgIpc) is 2.67. The molecule has 1 unspecified atom stereocenters. The van der Waals surface area contributed by atoms with E-state index >= 15 is 0 Å². The number of carbonyl (C=O) groups is 1. The molecule has 1 aliphatic carbocycles. The summed E-state index contributed by atoms with van der Waals surface area (Å²) in [6.45, 7) is 9.86. The van der Waals surface area contributed by atoms with Crippen molar-refractivity contribution in [2.45, 2.75) is 65.3 Å². The second kappa shape index (κ2) is 8.98. The molecule has 0 amide bonds. The van der Waals surface area contributed by atoms with Crippen molar-refractivity contribution < 1.29 is 9.90 Å². The molecule has 28 heavy (non-hydrogen) atoms. The molecule has 1 aromatic rings. The topological polar surface area (TPSA) is 40.5 Å². The van der Waals surface area contributed by atoms with Gasteiger partial charge in [-0.05, 0) is 60.3 Å². The molecule has 1 aromatic carbocycles. The van der Waals surface area contributed by atoms with Gasteiger partial charge in [-0.1, -0.05) is 58.1 Å². The van der Waals surface area contributed by atoms with Gasteiger partial charge in [-0.15, -0.1) is 0 Å². The normalized spacial score (nSPS) is 25.3. The van der Waals surface area contributed by atoms with Crippen LogP contribution in [0.5, 0.6) is 0 Å². The Kier molecular flexibility index (Phi) is 6.64. The number of piperidine rings is 1. The van der Waals surface area contributed by atoms with Gasteiger partial charge in [-0.3, -0.25) is 4.79 Å². The number of anilines is 1. The molecule has 1 N–H and O–H groups in total. The Morgan fingerprint density at radius 1 is 1.14 bits per heavy atom. The third-order valence-electron chi connectivity index (χ3n) is 6.43. The molecule has 0 radical (unpaired) electrons. The van der Waals surface area contributed by atoms with E-state index in [1.54, 1.807) is 0 Å². The fraction of sp³-hybridized carbons (Fsp3) is 0.560. The minimum absolute atomic E-state index is 0.276. The van der Waals surface area contributed by atoms with Crippen molar-refractivity contribution >= 4 is 11.7 Å². The van der Waals surface area contributed by atoms with Gasteiger partial charge in [0.15, 0.2) is 0 Å². The SMILES string of the molecule is CC(C)C1=CCC([C@H]2C[C@@H](CC(=O)O)CCN2c2ccc(C(C)C)cc2)C=C1. The third kappa shape index (κ3) is 4.87. The molecule has 0 aromatic heterocycles. The van der Waals surface area contributed by atoms with E-state index in [0.29, 0.717) is 30.2 Å². The largest absolute Gasteiger partial charge is 0.481 e. The van der Waals surface area contributed by atoms with Crippen LogP contribution in [0.2, 0.25) is 0 Å². The molecule has 1 aliphatic heterocycles. The van der Waals surface area contributed by atoms with Gasteiger partial charge >= 0.3 is 5.97 Å². The highest BCUT2D eigenvalue weighted by Gasteiger charge is 2.34. The molecule has 152 valence electrons. The highest BCUT2D eigenvalue weighted by Crippen LogP contribution is 2.37. The molecule has 0 saturated carbocycles. The summed E-state index contributed by atoms with van der Waals surface area (Å²) in [6, 6.07) is 9.36. The number of allylic oxidation sites excluding steroid dienone is 3. The van der Waals surface area contributed by atoms with Crippen LogP contribution in [0, 0.1) is 17.8 Å². The van der Waals surface area contributed by atoms with Crippen molar-refractivity contribution in [3.63, 3.8) is 0 Å². The fourth-order valence-corrected chi connectivity index (χ4v) is 4.65. The molecular weight excluding hydrogens is 346 g/mol. The number of carboxylic acids is 1. The van der Waals surface area contributed by atoms with Gasteiger partial charge in [0, 0.05) is 30.6 Å². The maximum Gasteiger partial charge on any atom is 0.303 e. The van der Waals surface area contributed by atoms with Crippen LogP contribution in [0.25, 0.3) is 0 Å². The first-order chi connectivity index (χ1) is 13.3. The van der Waals surface area contributed by atoms with Crippen LogP contribution in [-0.4, -0.2) is 23.7 Å². The Bertz CT molecular complexity index is 729. The van der Waals surface area contributed by atoms with Gasteiger partial charge in [-0.2, -0.15) is 0 Å². The second-order valence-electron chi connectivity index (χ2n) is 9.11.